The maximum Gasteiger partial charge on any atom is 0.265 e. The molecular formula is C13H14ClN3O3S. The number of nitrogens with one attached hydrogen (secondary N) is 1. The number of nitrogen functional groups attached to an aromatic ring is 1. The Morgan fingerprint density at radius 1 is 1.33 bits per heavy atom. The number of anilines is 2. The quantitative estimate of drug-likeness (QED) is 0.664. The molecule has 8 heteroatoms. The van der Waals surface area contributed by atoms with Crippen LogP contribution in [0.5, 0.6) is 5.75 Å². The molecule has 0 fully saturated rings. The summed E-state index contributed by atoms with van der Waals surface area (Å²) < 4.78 is 32.3. The number of rotatable bonds is 4. The molecule has 1 heterocycles. The zero-order valence-electron chi connectivity index (χ0n) is 11.4. The molecule has 1 aromatic heterocycles. The summed E-state index contributed by atoms with van der Waals surface area (Å²) in [5.74, 6) is 0.152. The van der Waals surface area contributed by atoms with Gasteiger partial charge in [-0.05, 0) is 30.7 Å². The van der Waals surface area contributed by atoms with Crippen LogP contribution >= 0.6 is 11.6 Å². The van der Waals surface area contributed by atoms with Gasteiger partial charge in [0.1, 0.15) is 10.6 Å². The second-order valence-electron chi connectivity index (χ2n) is 4.37. The fraction of sp³-hybridized carbons (Fsp3) is 0.154. The van der Waals surface area contributed by atoms with Crippen LogP contribution in [0, 0.1) is 6.92 Å². The number of aromatic nitrogens is 1. The van der Waals surface area contributed by atoms with E-state index >= 15 is 0 Å². The highest BCUT2D eigenvalue weighted by Crippen LogP contribution is 2.29. The number of nitrogens with two attached hydrogens (primary N) is 1. The normalized spacial score (nSPS) is 11.2. The van der Waals surface area contributed by atoms with E-state index in [9.17, 15) is 8.42 Å². The first-order valence-corrected chi connectivity index (χ1v) is 7.78. The van der Waals surface area contributed by atoms with Crippen molar-refractivity contribution in [3.63, 3.8) is 0 Å². The zero-order chi connectivity index (χ0) is 15.6. The summed E-state index contributed by atoms with van der Waals surface area (Å²) in [5, 5.41) is 0.0681. The van der Waals surface area contributed by atoms with Crippen molar-refractivity contribution in [3.8, 4) is 5.75 Å². The largest absolute Gasteiger partial charge is 0.495 e. The summed E-state index contributed by atoms with van der Waals surface area (Å²) in [6.45, 7) is 1.78. The summed E-state index contributed by atoms with van der Waals surface area (Å²) in [7, 11) is -2.50. The molecule has 0 aliphatic rings. The van der Waals surface area contributed by atoms with Gasteiger partial charge in [0.05, 0.1) is 12.8 Å². The minimum Gasteiger partial charge on any atom is -0.495 e. The molecule has 0 unspecified atom stereocenters. The van der Waals surface area contributed by atoms with Gasteiger partial charge < -0.3 is 10.5 Å². The number of sulfonamides is 1. The molecule has 0 aliphatic heterocycles. The molecule has 0 radical (unpaired) electrons. The third-order valence-electron chi connectivity index (χ3n) is 2.70. The van der Waals surface area contributed by atoms with Crippen LogP contribution < -0.4 is 15.2 Å². The van der Waals surface area contributed by atoms with E-state index in [1.807, 2.05) is 0 Å². The Morgan fingerprint density at radius 2 is 2.05 bits per heavy atom. The van der Waals surface area contributed by atoms with Gasteiger partial charge in [-0.2, -0.15) is 0 Å². The molecule has 21 heavy (non-hydrogen) atoms. The summed E-state index contributed by atoms with van der Waals surface area (Å²) in [6, 6.07) is 5.88. The molecule has 0 amide bonds. The summed E-state index contributed by atoms with van der Waals surface area (Å²) in [4.78, 5) is 3.87. The van der Waals surface area contributed by atoms with Crippen LogP contribution in [0.25, 0.3) is 0 Å². The van der Waals surface area contributed by atoms with Gasteiger partial charge in [-0.15, -0.1) is 0 Å². The lowest BCUT2D eigenvalue weighted by Gasteiger charge is -2.13. The van der Waals surface area contributed by atoms with E-state index in [1.54, 1.807) is 19.2 Å². The maximum atomic E-state index is 12.4. The summed E-state index contributed by atoms with van der Waals surface area (Å²) in [5.41, 5.74) is 7.00. The number of halogens is 1. The Labute approximate surface area is 128 Å². The second kappa shape index (κ2) is 5.79. The Kier molecular flexibility index (Phi) is 4.24. The van der Waals surface area contributed by atoms with Crippen molar-refractivity contribution < 1.29 is 13.2 Å². The van der Waals surface area contributed by atoms with Crippen LogP contribution in [0.15, 0.2) is 35.4 Å². The van der Waals surface area contributed by atoms with Crippen LogP contribution in [0.3, 0.4) is 0 Å². The van der Waals surface area contributed by atoms with Crippen LogP contribution in [-0.2, 0) is 10.0 Å². The van der Waals surface area contributed by atoms with E-state index in [-0.39, 0.29) is 21.5 Å². The summed E-state index contributed by atoms with van der Waals surface area (Å²) in [6.07, 6.45) is 1.55. The highest BCUT2D eigenvalue weighted by Gasteiger charge is 2.21. The van der Waals surface area contributed by atoms with Gasteiger partial charge in [0.15, 0.2) is 5.15 Å². The number of hydrogen-bond acceptors (Lipinski definition) is 5. The van der Waals surface area contributed by atoms with Crippen molar-refractivity contribution in [1.29, 1.82) is 0 Å². The van der Waals surface area contributed by atoms with Crippen molar-refractivity contribution in [1.82, 2.24) is 4.98 Å². The number of benzene rings is 1. The number of pyridine rings is 1. The smallest absolute Gasteiger partial charge is 0.265 e. The highest BCUT2D eigenvalue weighted by atomic mass is 35.5. The van der Waals surface area contributed by atoms with E-state index in [1.165, 1.54) is 25.3 Å². The SMILES string of the molecule is COc1cc(N)ccc1S(=O)(=O)Nc1cc(C)cnc1Cl. The first-order chi connectivity index (χ1) is 9.83. The average Bonchev–Trinajstić information content (AvgIpc) is 2.42. The highest BCUT2D eigenvalue weighted by molar-refractivity contribution is 7.92. The molecule has 0 aliphatic carbocycles. The molecule has 3 N–H and O–H groups in total. The third-order valence-corrected chi connectivity index (χ3v) is 4.40. The Morgan fingerprint density at radius 3 is 2.71 bits per heavy atom. The number of methoxy groups -OCH3 is 1. The Bertz CT molecular complexity index is 778. The topological polar surface area (TPSA) is 94.3 Å². The van der Waals surface area contributed by atoms with Crippen LogP contribution in [-0.4, -0.2) is 20.5 Å². The first kappa shape index (κ1) is 15.4. The average molecular weight is 328 g/mol. The van der Waals surface area contributed by atoms with Crippen molar-refractivity contribution in [2.24, 2.45) is 0 Å². The van der Waals surface area contributed by atoms with Gasteiger partial charge >= 0.3 is 0 Å². The fourth-order valence-electron chi connectivity index (χ4n) is 1.73. The lowest BCUT2D eigenvalue weighted by atomic mass is 10.3. The molecule has 1 aromatic carbocycles. The van der Waals surface area contributed by atoms with E-state index in [4.69, 9.17) is 22.1 Å². The predicted molar refractivity (Wildman–Crippen MR) is 82.2 cm³/mol. The van der Waals surface area contributed by atoms with Crippen molar-refractivity contribution in [3.05, 3.63) is 41.2 Å². The van der Waals surface area contributed by atoms with Gasteiger partial charge in [-0.25, -0.2) is 13.4 Å². The van der Waals surface area contributed by atoms with Crippen LogP contribution in [0.1, 0.15) is 5.56 Å². The maximum absolute atomic E-state index is 12.4. The molecule has 0 saturated carbocycles. The molecule has 0 spiro atoms. The van der Waals surface area contributed by atoms with Crippen LogP contribution in [0.4, 0.5) is 11.4 Å². The monoisotopic (exact) mass is 327 g/mol. The van der Waals surface area contributed by atoms with Gasteiger partial charge in [-0.3, -0.25) is 4.72 Å². The van der Waals surface area contributed by atoms with Crippen molar-refractivity contribution >= 4 is 33.0 Å². The summed E-state index contributed by atoms with van der Waals surface area (Å²) >= 11 is 5.90. The Hall–Kier alpha value is -1.99. The molecule has 2 rings (SSSR count). The lowest BCUT2D eigenvalue weighted by Crippen LogP contribution is -2.15. The molecule has 6 nitrogen and oxygen atoms in total. The molecular weight excluding hydrogens is 314 g/mol. The van der Waals surface area contributed by atoms with E-state index in [0.29, 0.717) is 5.69 Å². The van der Waals surface area contributed by atoms with Crippen LogP contribution in [0.2, 0.25) is 5.15 Å². The van der Waals surface area contributed by atoms with E-state index in [2.05, 4.69) is 9.71 Å². The number of aryl methyl sites for hydroxylation is 1. The van der Waals surface area contributed by atoms with E-state index < -0.39 is 10.0 Å². The second-order valence-corrected chi connectivity index (χ2v) is 6.38. The standard InChI is InChI=1S/C13H14ClN3O3S/c1-8-5-10(13(14)16-7-8)17-21(18,19)12-4-3-9(15)6-11(12)20-2/h3-7,17H,15H2,1-2H3. The third kappa shape index (κ3) is 3.37. The van der Waals surface area contributed by atoms with Gasteiger partial charge in [0.2, 0.25) is 0 Å². The molecule has 0 bridgehead atoms. The number of nitrogens with zero attached hydrogens (tertiary/aromatic N) is 1. The van der Waals surface area contributed by atoms with Gasteiger partial charge in [-0.1, -0.05) is 11.6 Å². The molecule has 0 atom stereocenters. The van der Waals surface area contributed by atoms with Crippen molar-refractivity contribution in [2.75, 3.05) is 17.6 Å². The van der Waals surface area contributed by atoms with Gasteiger partial charge in [0.25, 0.3) is 10.0 Å². The first-order valence-electron chi connectivity index (χ1n) is 5.92. The van der Waals surface area contributed by atoms with Gasteiger partial charge in [0, 0.05) is 18.0 Å². The van der Waals surface area contributed by atoms with Crippen molar-refractivity contribution in [2.45, 2.75) is 11.8 Å². The van der Waals surface area contributed by atoms with E-state index in [0.717, 1.165) is 5.56 Å². The molecule has 2 aromatic rings. The molecule has 112 valence electrons. The number of hydrogen-bond donors (Lipinski definition) is 2. The lowest BCUT2D eigenvalue weighted by molar-refractivity contribution is 0.403. The fourth-order valence-corrected chi connectivity index (χ4v) is 3.15. The Balaban J connectivity index is 2.46. The minimum absolute atomic E-state index is 0.0308. The minimum atomic E-state index is -3.87. The molecule has 0 saturated heterocycles. The zero-order valence-corrected chi connectivity index (χ0v) is 13.0. The predicted octanol–water partition coefficient (Wildman–Crippen LogP) is 2.44. The number of ether oxygens (including phenoxy) is 1.